The van der Waals surface area contributed by atoms with Crippen molar-refractivity contribution in [3.63, 3.8) is 0 Å². The van der Waals surface area contributed by atoms with Gasteiger partial charge in [-0.1, -0.05) is 6.58 Å². The van der Waals surface area contributed by atoms with Crippen LogP contribution in [0.2, 0.25) is 0 Å². The summed E-state index contributed by atoms with van der Waals surface area (Å²) in [5.74, 6) is 0.571. The molecule has 0 atom stereocenters. The van der Waals surface area contributed by atoms with Crippen molar-refractivity contribution < 1.29 is 23.9 Å². The molecule has 7 heteroatoms. The number of nitro benzene ring substituents is 1. The molecular weight excluding hydrogens is 278 g/mol. The van der Waals surface area contributed by atoms with Crippen molar-refractivity contribution in [3.05, 3.63) is 47.2 Å². The highest BCUT2D eigenvalue weighted by Gasteiger charge is 2.03. The molecule has 0 aliphatic carbocycles. The summed E-state index contributed by atoms with van der Waals surface area (Å²) in [6.45, 7) is 6.14. The van der Waals surface area contributed by atoms with Crippen LogP contribution in [0.3, 0.4) is 0 Å². The van der Waals surface area contributed by atoms with Crippen molar-refractivity contribution in [2.75, 3.05) is 39.6 Å². The molecule has 0 saturated carbocycles. The Morgan fingerprint density at radius 1 is 1.00 bits per heavy atom. The maximum atomic E-state index is 10.5. The van der Waals surface area contributed by atoms with Gasteiger partial charge in [0.15, 0.2) is 0 Å². The van der Waals surface area contributed by atoms with Gasteiger partial charge in [0, 0.05) is 12.1 Å². The van der Waals surface area contributed by atoms with Crippen LogP contribution >= 0.6 is 0 Å². The van der Waals surface area contributed by atoms with Crippen LogP contribution in [0.25, 0.3) is 0 Å². The molecule has 0 spiro atoms. The van der Waals surface area contributed by atoms with Crippen LogP contribution in [0.1, 0.15) is 0 Å². The van der Waals surface area contributed by atoms with Crippen molar-refractivity contribution >= 4 is 5.69 Å². The Balaban J connectivity index is 1.99. The topological polar surface area (TPSA) is 80.1 Å². The van der Waals surface area contributed by atoms with Crippen LogP contribution in [-0.2, 0) is 14.2 Å². The molecule has 1 rings (SSSR count). The molecule has 21 heavy (non-hydrogen) atoms. The number of rotatable bonds is 12. The van der Waals surface area contributed by atoms with Crippen molar-refractivity contribution in [1.29, 1.82) is 0 Å². The maximum Gasteiger partial charge on any atom is 0.269 e. The first kappa shape index (κ1) is 16.9. The average Bonchev–Trinajstić information content (AvgIpc) is 2.49. The lowest BCUT2D eigenvalue weighted by atomic mass is 10.3. The fourth-order valence-corrected chi connectivity index (χ4v) is 1.39. The second-order valence-corrected chi connectivity index (χ2v) is 3.86. The summed E-state index contributed by atoms with van der Waals surface area (Å²) in [6.07, 6.45) is 1.37. The van der Waals surface area contributed by atoms with Gasteiger partial charge in [0.05, 0.1) is 37.6 Å². The zero-order chi connectivity index (χ0) is 15.3. The van der Waals surface area contributed by atoms with E-state index in [0.717, 1.165) is 0 Å². The van der Waals surface area contributed by atoms with Gasteiger partial charge in [0.25, 0.3) is 5.69 Å². The van der Waals surface area contributed by atoms with Crippen molar-refractivity contribution in [2.45, 2.75) is 0 Å². The lowest BCUT2D eigenvalue weighted by Crippen LogP contribution is -2.12. The molecule has 0 radical (unpaired) electrons. The Morgan fingerprint density at radius 3 is 2.14 bits per heavy atom. The lowest BCUT2D eigenvalue weighted by Gasteiger charge is -2.07. The maximum absolute atomic E-state index is 10.5. The molecule has 0 fully saturated rings. The minimum Gasteiger partial charge on any atom is -0.499 e. The summed E-state index contributed by atoms with van der Waals surface area (Å²) < 4.78 is 20.8. The molecule has 116 valence electrons. The van der Waals surface area contributed by atoms with Gasteiger partial charge in [-0.2, -0.15) is 0 Å². The summed E-state index contributed by atoms with van der Waals surface area (Å²) in [5.41, 5.74) is 0.0381. The standard InChI is InChI=1S/C14H19NO6/c1-2-18-7-8-19-9-10-20-11-12-21-14-5-3-13(4-6-14)15(16)17/h2-6H,1,7-12H2. The summed E-state index contributed by atoms with van der Waals surface area (Å²) in [7, 11) is 0. The van der Waals surface area contributed by atoms with Crippen LogP contribution in [0, 0.1) is 10.1 Å². The average molecular weight is 297 g/mol. The largest absolute Gasteiger partial charge is 0.499 e. The predicted molar refractivity (Wildman–Crippen MR) is 76.4 cm³/mol. The minimum absolute atomic E-state index is 0.0381. The first-order chi connectivity index (χ1) is 10.2. The third-order valence-electron chi connectivity index (χ3n) is 2.38. The molecule has 0 saturated heterocycles. The van der Waals surface area contributed by atoms with E-state index in [-0.39, 0.29) is 5.69 Å². The molecule has 0 aliphatic rings. The fourth-order valence-electron chi connectivity index (χ4n) is 1.39. The molecule has 1 aromatic carbocycles. The molecule has 0 aliphatic heterocycles. The third kappa shape index (κ3) is 7.91. The molecule has 0 bridgehead atoms. The van der Waals surface area contributed by atoms with Crippen LogP contribution in [0.15, 0.2) is 37.1 Å². The van der Waals surface area contributed by atoms with E-state index < -0.39 is 4.92 Å². The van der Waals surface area contributed by atoms with Gasteiger partial charge < -0.3 is 18.9 Å². The number of ether oxygens (including phenoxy) is 4. The molecule has 0 heterocycles. The smallest absolute Gasteiger partial charge is 0.269 e. The Kier molecular flexibility index (Phi) is 8.58. The highest BCUT2D eigenvalue weighted by atomic mass is 16.6. The second-order valence-electron chi connectivity index (χ2n) is 3.86. The van der Waals surface area contributed by atoms with Gasteiger partial charge in [0.1, 0.15) is 19.0 Å². The molecular formula is C14H19NO6. The van der Waals surface area contributed by atoms with Crippen molar-refractivity contribution in [2.24, 2.45) is 0 Å². The zero-order valence-corrected chi connectivity index (χ0v) is 11.7. The number of non-ortho nitro benzene ring substituents is 1. The Bertz CT molecular complexity index is 420. The zero-order valence-electron chi connectivity index (χ0n) is 11.7. The number of hydrogen-bond donors (Lipinski definition) is 0. The van der Waals surface area contributed by atoms with Gasteiger partial charge in [-0.3, -0.25) is 10.1 Å². The quantitative estimate of drug-likeness (QED) is 0.254. The Morgan fingerprint density at radius 2 is 1.57 bits per heavy atom. The third-order valence-corrected chi connectivity index (χ3v) is 2.38. The summed E-state index contributed by atoms with van der Waals surface area (Å²) in [4.78, 5) is 10.0. The summed E-state index contributed by atoms with van der Waals surface area (Å²) in [5, 5.41) is 10.5. The highest BCUT2D eigenvalue weighted by molar-refractivity contribution is 5.35. The monoisotopic (exact) mass is 297 g/mol. The number of benzene rings is 1. The van der Waals surface area contributed by atoms with Crippen LogP contribution in [0.4, 0.5) is 5.69 Å². The van der Waals surface area contributed by atoms with Crippen LogP contribution in [-0.4, -0.2) is 44.6 Å². The number of hydrogen-bond acceptors (Lipinski definition) is 6. The normalized spacial score (nSPS) is 10.1. The molecule has 0 N–H and O–H groups in total. The van der Waals surface area contributed by atoms with E-state index in [1.807, 2.05) is 0 Å². The molecule has 0 unspecified atom stereocenters. The van der Waals surface area contributed by atoms with E-state index in [1.54, 1.807) is 12.1 Å². The van der Waals surface area contributed by atoms with Gasteiger partial charge in [0.2, 0.25) is 0 Å². The van der Waals surface area contributed by atoms with E-state index in [0.29, 0.717) is 45.4 Å². The first-order valence-electron chi connectivity index (χ1n) is 6.49. The van der Waals surface area contributed by atoms with E-state index in [4.69, 9.17) is 18.9 Å². The summed E-state index contributed by atoms with van der Waals surface area (Å²) >= 11 is 0. The van der Waals surface area contributed by atoms with E-state index in [2.05, 4.69) is 6.58 Å². The van der Waals surface area contributed by atoms with E-state index >= 15 is 0 Å². The number of nitro groups is 1. The van der Waals surface area contributed by atoms with Crippen molar-refractivity contribution in [1.82, 2.24) is 0 Å². The molecule has 0 aromatic heterocycles. The minimum atomic E-state index is -0.451. The van der Waals surface area contributed by atoms with Gasteiger partial charge in [-0.25, -0.2) is 0 Å². The first-order valence-corrected chi connectivity index (χ1v) is 6.49. The van der Waals surface area contributed by atoms with Crippen LogP contribution in [0.5, 0.6) is 5.75 Å². The van der Waals surface area contributed by atoms with Crippen LogP contribution < -0.4 is 4.74 Å². The Labute approximate surface area is 123 Å². The molecule has 7 nitrogen and oxygen atoms in total. The van der Waals surface area contributed by atoms with Gasteiger partial charge in [-0.15, -0.1) is 0 Å². The lowest BCUT2D eigenvalue weighted by molar-refractivity contribution is -0.384. The fraction of sp³-hybridized carbons (Fsp3) is 0.429. The van der Waals surface area contributed by atoms with E-state index in [1.165, 1.54) is 18.4 Å². The number of nitrogens with zero attached hydrogens (tertiary/aromatic N) is 1. The van der Waals surface area contributed by atoms with Gasteiger partial charge >= 0.3 is 0 Å². The van der Waals surface area contributed by atoms with Crippen molar-refractivity contribution in [3.8, 4) is 5.75 Å². The Hall–Kier alpha value is -2.12. The second kappa shape index (κ2) is 10.6. The summed E-state index contributed by atoms with van der Waals surface area (Å²) in [6, 6.07) is 5.91. The molecule has 1 aromatic rings. The molecule has 0 amide bonds. The SMILES string of the molecule is C=COCCOCCOCCOc1ccc([N+](=O)[O-])cc1. The van der Waals surface area contributed by atoms with E-state index in [9.17, 15) is 10.1 Å². The predicted octanol–water partition coefficient (Wildman–Crippen LogP) is 2.17. The van der Waals surface area contributed by atoms with Gasteiger partial charge in [-0.05, 0) is 12.1 Å². The highest BCUT2D eigenvalue weighted by Crippen LogP contribution is 2.16.